The van der Waals surface area contributed by atoms with Crippen molar-refractivity contribution in [1.29, 1.82) is 0 Å². The Morgan fingerprint density at radius 2 is 1.56 bits per heavy atom. The van der Waals surface area contributed by atoms with Crippen molar-refractivity contribution >= 4 is 12.0 Å². The van der Waals surface area contributed by atoms with Gasteiger partial charge in [-0.3, -0.25) is 9.69 Å². The van der Waals surface area contributed by atoms with Gasteiger partial charge in [0.25, 0.3) is 0 Å². The predicted molar refractivity (Wildman–Crippen MR) is 98.4 cm³/mol. The van der Waals surface area contributed by atoms with Gasteiger partial charge in [-0.05, 0) is 60.3 Å². The minimum atomic E-state index is -0.477. The van der Waals surface area contributed by atoms with Gasteiger partial charge >= 0.3 is 6.09 Å². The van der Waals surface area contributed by atoms with Crippen LogP contribution in [-0.4, -0.2) is 65.7 Å². The second-order valence-electron chi connectivity index (χ2n) is 8.65. The first-order valence-electron chi connectivity index (χ1n) is 9.68. The molecule has 0 radical (unpaired) electrons. The molecule has 6 heteroatoms. The van der Waals surface area contributed by atoms with Crippen LogP contribution in [0.25, 0.3) is 0 Å². The number of nitrogens with one attached hydrogen (secondary N) is 1. The molecule has 2 rings (SSSR count). The number of rotatable bonds is 3. The van der Waals surface area contributed by atoms with Crippen molar-refractivity contribution in [2.45, 2.75) is 78.0 Å². The summed E-state index contributed by atoms with van der Waals surface area (Å²) in [7, 11) is 0. The van der Waals surface area contributed by atoms with Gasteiger partial charge in [0.1, 0.15) is 5.60 Å². The molecule has 6 nitrogen and oxygen atoms in total. The van der Waals surface area contributed by atoms with Crippen molar-refractivity contribution in [3.63, 3.8) is 0 Å². The summed E-state index contributed by atoms with van der Waals surface area (Å²) in [5, 5.41) is 2.94. The van der Waals surface area contributed by atoms with E-state index in [0.29, 0.717) is 11.9 Å². The number of ether oxygens (including phenoxy) is 1. The molecule has 0 unspecified atom stereocenters. The van der Waals surface area contributed by atoms with Crippen LogP contribution < -0.4 is 5.32 Å². The summed E-state index contributed by atoms with van der Waals surface area (Å²) < 4.78 is 5.31. The highest BCUT2D eigenvalue weighted by Gasteiger charge is 2.32. The fourth-order valence-electron chi connectivity index (χ4n) is 3.68. The summed E-state index contributed by atoms with van der Waals surface area (Å²) >= 11 is 0. The van der Waals surface area contributed by atoms with Crippen LogP contribution in [0.15, 0.2) is 0 Å². The molecule has 0 spiro atoms. The number of hydrogen-bond acceptors (Lipinski definition) is 4. The fourth-order valence-corrected chi connectivity index (χ4v) is 3.68. The van der Waals surface area contributed by atoms with Crippen molar-refractivity contribution in [1.82, 2.24) is 15.1 Å². The van der Waals surface area contributed by atoms with Crippen molar-refractivity contribution in [3.05, 3.63) is 0 Å². The molecule has 144 valence electrons. The summed E-state index contributed by atoms with van der Waals surface area (Å²) in [6.07, 6.45) is 3.04. The maximum absolute atomic E-state index is 12.7. The van der Waals surface area contributed by atoms with Gasteiger partial charge < -0.3 is 15.0 Å². The van der Waals surface area contributed by atoms with Crippen LogP contribution >= 0.6 is 0 Å². The van der Waals surface area contributed by atoms with Gasteiger partial charge in [0.05, 0.1) is 0 Å². The largest absolute Gasteiger partial charge is 0.444 e. The van der Waals surface area contributed by atoms with E-state index in [4.69, 9.17) is 4.74 Å². The Labute approximate surface area is 152 Å². The Balaban J connectivity index is 1.73. The molecule has 1 saturated heterocycles. The number of alkyl carbamates (subject to hydrolysis) is 1. The number of hydrogen-bond donors (Lipinski definition) is 1. The van der Waals surface area contributed by atoms with E-state index in [2.05, 4.69) is 24.1 Å². The molecule has 1 saturated carbocycles. The van der Waals surface area contributed by atoms with Gasteiger partial charge in [0.2, 0.25) is 5.91 Å². The first kappa shape index (κ1) is 20.0. The van der Waals surface area contributed by atoms with Crippen LogP contribution in [0.5, 0.6) is 0 Å². The highest BCUT2D eigenvalue weighted by molar-refractivity contribution is 5.79. The number of piperazine rings is 1. The van der Waals surface area contributed by atoms with Crippen LogP contribution in [0.4, 0.5) is 4.79 Å². The van der Waals surface area contributed by atoms with E-state index < -0.39 is 5.60 Å². The highest BCUT2D eigenvalue weighted by Crippen LogP contribution is 2.27. The molecule has 1 aliphatic heterocycles. The molecule has 1 N–H and O–H groups in total. The fraction of sp³-hybridized carbons (Fsp3) is 0.895. The first-order chi connectivity index (χ1) is 11.7. The zero-order valence-corrected chi connectivity index (χ0v) is 16.5. The van der Waals surface area contributed by atoms with Crippen molar-refractivity contribution in [3.8, 4) is 0 Å². The van der Waals surface area contributed by atoms with E-state index in [1.807, 2.05) is 25.7 Å². The summed E-state index contributed by atoms with van der Waals surface area (Å²) in [6.45, 7) is 13.6. The Kier molecular flexibility index (Phi) is 6.72. The van der Waals surface area contributed by atoms with E-state index in [1.54, 1.807) is 0 Å². The number of carbonyl (C=O) groups is 2. The average molecular weight is 354 g/mol. The second kappa shape index (κ2) is 8.39. The maximum Gasteiger partial charge on any atom is 0.407 e. The lowest BCUT2D eigenvalue weighted by atomic mass is 9.85. The molecule has 0 bridgehead atoms. The van der Waals surface area contributed by atoms with Crippen molar-refractivity contribution in [2.75, 3.05) is 26.2 Å². The second-order valence-corrected chi connectivity index (χ2v) is 8.65. The molecule has 2 fully saturated rings. The molecule has 2 amide bonds. The van der Waals surface area contributed by atoms with Crippen LogP contribution in [0.3, 0.4) is 0 Å². The Bertz CT molecular complexity index is 457. The van der Waals surface area contributed by atoms with E-state index in [1.165, 1.54) is 0 Å². The molecule has 0 aromatic rings. The number of carbonyl (C=O) groups excluding carboxylic acids is 2. The van der Waals surface area contributed by atoms with Gasteiger partial charge in [-0.2, -0.15) is 0 Å². The van der Waals surface area contributed by atoms with E-state index in [9.17, 15) is 9.59 Å². The molecule has 1 aliphatic carbocycles. The summed E-state index contributed by atoms with van der Waals surface area (Å²) in [5.74, 6) is 0.418. The van der Waals surface area contributed by atoms with Gasteiger partial charge in [0.15, 0.2) is 0 Å². The molecule has 0 atom stereocenters. The lowest BCUT2D eigenvalue weighted by Crippen LogP contribution is -2.52. The third-order valence-electron chi connectivity index (χ3n) is 5.15. The zero-order valence-electron chi connectivity index (χ0n) is 16.5. The minimum absolute atomic E-state index is 0.113. The maximum atomic E-state index is 12.7. The van der Waals surface area contributed by atoms with Crippen molar-refractivity contribution in [2.24, 2.45) is 5.92 Å². The van der Waals surface area contributed by atoms with Crippen LogP contribution in [-0.2, 0) is 9.53 Å². The molecular formula is C19H35N3O3. The smallest absolute Gasteiger partial charge is 0.407 e. The quantitative estimate of drug-likeness (QED) is 0.847. The third-order valence-corrected chi connectivity index (χ3v) is 5.15. The van der Waals surface area contributed by atoms with E-state index in [-0.39, 0.29) is 18.1 Å². The predicted octanol–water partition coefficient (Wildman–Crippen LogP) is 2.62. The van der Waals surface area contributed by atoms with Gasteiger partial charge in [0, 0.05) is 44.2 Å². The minimum Gasteiger partial charge on any atom is -0.444 e. The van der Waals surface area contributed by atoms with E-state index >= 15 is 0 Å². The summed E-state index contributed by atoms with van der Waals surface area (Å²) in [5.41, 5.74) is -0.477. The van der Waals surface area contributed by atoms with Crippen molar-refractivity contribution < 1.29 is 14.3 Å². The lowest BCUT2D eigenvalue weighted by molar-refractivity contribution is -0.138. The standard InChI is InChI=1S/C19H35N3O3/c1-14(2)21-10-12-22(13-11-21)17(23)15-6-8-16(9-7-15)20-18(24)25-19(3,4)5/h14-16H,6-13H2,1-5H3,(H,20,24)/t15-,16+. The topological polar surface area (TPSA) is 61.9 Å². The Morgan fingerprint density at radius 3 is 2.04 bits per heavy atom. The van der Waals surface area contributed by atoms with Crippen LogP contribution in [0.2, 0.25) is 0 Å². The third kappa shape index (κ3) is 6.17. The Morgan fingerprint density at radius 1 is 1.00 bits per heavy atom. The van der Waals surface area contributed by atoms with Gasteiger partial charge in [-0.15, -0.1) is 0 Å². The molecule has 0 aromatic carbocycles. The number of nitrogens with zero attached hydrogens (tertiary/aromatic N) is 2. The SMILES string of the molecule is CC(C)N1CCN(C(=O)[C@H]2CC[C@@H](NC(=O)OC(C)(C)C)CC2)CC1. The highest BCUT2D eigenvalue weighted by atomic mass is 16.6. The number of amides is 2. The van der Waals surface area contributed by atoms with Gasteiger partial charge in [-0.25, -0.2) is 4.79 Å². The Hall–Kier alpha value is -1.30. The first-order valence-corrected chi connectivity index (χ1v) is 9.68. The zero-order chi connectivity index (χ0) is 18.6. The monoisotopic (exact) mass is 353 g/mol. The summed E-state index contributed by atoms with van der Waals surface area (Å²) in [6, 6.07) is 0.670. The van der Waals surface area contributed by atoms with Crippen LogP contribution in [0, 0.1) is 5.92 Å². The molecule has 1 heterocycles. The molecular weight excluding hydrogens is 318 g/mol. The van der Waals surface area contributed by atoms with Gasteiger partial charge in [-0.1, -0.05) is 0 Å². The van der Waals surface area contributed by atoms with Crippen LogP contribution in [0.1, 0.15) is 60.3 Å². The normalized spacial score (nSPS) is 25.8. The molecule has 2 aliphatic rings. The lowest BCUT2D eigenvalue weighted by Gasteiger charge is -2.39. The van der Waals surface area contributed by atoms with E-state index in [0.717, 1.165) is 51.9 Å². The summed E-state index contributed by atoms with van der Waals surface area (Å²) in [4.78, 5) is 29.1. The molecule has 0 aromatic heterocycles. The average Bonchev–Trinajstić information content (AvgIpc) is 2.53. The molecule has 25 heavy (non-hydrogen) atoms.